The van der Waals surface area contributed by atoms with Crippen molar-refractivity contribution in [2.24, 2.45) is 0 Å². The van der Waals surface area contributed by atoms with E-state index in [2.05, 4.69) is 36.4 Å². The third-order valence-corrected chi connectivity index (χ3v) is 4.96. The Kier molecular flexibility index (Phi) is 2.35. The number of nitro groups is 1. The Balaban J connectivity index is 2.07. The fourth-order valence-electron chi connectivity index (χ4n) is 3.97. The summed E-state index contributed by atoms with van der Waals surface area (Å²) in [6.07, 6.45) is 6.49. The second-order valence-corrected chi connectivity index (χ2v) is 6.15. The van der Waals surface area contributed by atoms with E-state index in [1.807, 2.05) is 12.1 Å². The molecule has 0 unspecified atom stereocenters. The fraction of sp³-hybridized carbons (Fsp3) is 0.100. The van der Waals surface area contributed by atoms with Crippen LogP contribution in [0.2, 0.25) is 0 Å². The number of hydrogen-bond acceptors (Lipinski definition) is 2. The van der Waals surface area contributed by atoms with Crippen molar-refractivity contribution in [2.45, 2.75) is 12.8 Å². The van der Waals surface area contributed by atoms with E-state index in [1.165, 1.54) is 16.5 Å². The van der Waals surface area contributed by atoms with Gasteiger partial charge in [0, 0.05) is 11.5 Å². The minimum Gasteiger partial charge on any atom is -0.258 e. The minimum absolute atomic E-state index is 0.185. The quantitative estimate of drug-likeness (QED) is 0.266. The van der Waals surface area contributed by atoms with Crippen LogP contribution in [-0.4, -0.2) is 4.92 Å². The average Bonchev–Trinajstić information content (AvgIpc) is 2.58. The Morgan fingerprint density at radius 1 is 0.913 bits per heavy atom. The number of rotatable bonds is 1. The van der Waals surface area contributed by atoms with Crippen LogP contribution >= 0.6 is 0 Å². The number of hydrogen-bond donors (Lipinski definition) is 0. The molecule has 0 aliphatic heterocycles. The molecule has 0 spiro atoms. The fourth-order valence-corrected chi connectivity index (χ4v) is 3.97. The van der Waals surface area contributed by atoms with Gasteiger partial charge in [0.2, 0.25) is 0 Å². The largest absolute Gasteiger partial charge is 0.277 e. The molecular weight excluding hydrogens is 286 g/mol. The van der Waals surface area contributed by atoms with Crippen LogP contribution in [0.4, 0.5) is 5.69 Å². The molecule has 0 atom stereocenters. The number of fused-ring (bicyclic) bond motifs is 2. The summed E-state index contributed by atoms with van der Waals surface area (Å²) in [5, 5.41) is 17.8. The molecule has 1 aliphatic carbocycles. The lowest BCUT2D eigenvalue weighted by atomic mass is 9.86. The highest BCUT2D eigenvalue weighted by atomic mass is 16.6. The van der Waals surface area contributed by atoms with E-state index in [9.17, 15) is 10.1 Å². The molecule has 3 heteroatoms. The molecule has 0 heterocycles. The van der Waals surface area contributed by atoms with E-state index >= 15 is 0 Å². The first-order valence-electron chi connectivity index (χ1n) is 7.78. The Morgan fingerprint density at radius 3 is 2.52 bits per heavy atom. The summed E-state index contributed by atoms with van der Waals surface area (Å²) in [5.41, 5.74) is 2.82. The first-order valence-corrected chi connectivity index (χ1v) is 7.78. The molecule has 23 heavy (non-hydrogen) atoms. The molecular formula is C20H13NO2. The number of benzene rings is 4. The van der Waals surface area contributed by atoms with Crippen molar-refractivity contribution in [1.29, 1.82) is 0 Å². The van der Waals surface area contributed by atoms with Crippen LogP contribution in [0.3, 0.4) is 0 Å². The van der Waals surface area contributed by atoms with Crippen LogP contribution in [0, 0.1) is 10.1 Å². The van der Waals surface area contributed by atoms with Crippen LogP contribution in [0.15, 0.2) is 48.5 Å². The topological polar surface area (TPSA) is 43.1 Å². The molecule has 5 rings (SSSR count). The number of aryl methyl sites for hydroxylation is 1. The first kappa shape index (κ1) is 12.6. The molecule has 3 nitrogen and oxygen atoms in total. The molecule has 1 aliphatic rings. The van der Waals surface area contributed by atoms with E-state index in [4.69, 9.17) is 0 Å². The maximum atomic E-state index is 11.4. The number of nitro benzene ring substituents is 1. The van der Waals surface area contributed by atoms with Crippen LogP contribution in [0.5, 0.6) is 0 Å². The summed E-state index contributed by atoms with van der Waals surface area (Å²) in [4.78, 5) is 11.1. The molecule has 4 aromatic rings. The predicted molar refractivity (Wildman–Crippen MR) is 94.2 cm³/mol. The van der Waals surface area contributed by atoms with Gasteiger partial charge in [-0.05, 0) is 63.7 Å². The summed E-state index contributed by atoms with van der Waals surface area (Å²) in [6.45, 7) is 0. The number of nitrogens with zero attached hydrogens (tertiary/aromatic N) is 1. The molecule has 0 bridgehead atoms. The zero-order valence-electron chi connectivity index (χ0n) is 12.4. The number of non-ortho nitro benzene ring substituents is 1. The predicted octanol–water partition coefficient (Wildman–Crippen LogP) is 5.45. The van der Waals surface area contributed by atoms with Gasteiger partial charge in [0.1, 0.15) is 0 Å². The van der Waals surface area contributed by atoms with Gasteiger partial charge < -0.3 is 0 Å². The van der Waals surface area contributed by atoms with Gasteiger partial charge in [-0.15, -0.1) is 0 Å². The summed E-state index contributed by atoms with van der Waals surface area (Å²) < 4.78 is 0. The van der Waals surface area contributed by atoms with Crippen molar-refractivity contribution in [3.8, 4) is 0 Å². The van der Waals surface area contributed by atoms with Crippen LogP contribution in [0.25, 0.3) is 38.4 Å². The lowest BCUT2D eigenvalue weighted by molar-refractivity contribution is -0.383. The maximum Gasteiger partial charge on any atom is 0.277 e. The first-order chi connectivity index (χ1) is 11.2. The summed E-state index contributed by atoms with van der Waals surface area (Å²) >= 11 is 0. The summed E-state index contributed by atoms with van der Waals surface area (Å²) in [6, 6.07) is 13.9. The van der Waals surface area contributed by atoms with Crippen LogP contribution in [-0.2, 0) is 6.42 Å². The highest BCUT2D eigenvalue weighted by Crippen LogP contribution is 2.41. The van der Waals surface area contributed by atoms with Gasteiger partial charge in [0.05, 0.1) is 10.3 Å². The molecule has 110 valence electrons. The van der Waals surface area contributed by atoms with Crippen molar-refractivity contribution in [2.75, 3.05) is 0 Å². The molecule has 0 saturated carbocycles. The highest BCUT2D eigenvalue weighted by Gasteiger charge is 2.19. The molecule has 0 fully saturated rings. The van der Waals surface area contributed by atoms with Gasteiger partial charge in [0.15, 0.2) is 0 Å². The van der Waals surface area contributed by atoms with E-state index < -0.39 is 0 Å². The van der Waals surface area contributed by atoms with Gasteiger partial charge in [-0.3, -0.25) is 10.1 Å². The Morgan fingerprint density at radius 2 is 1.65 bits per heavy atom. The maximum absolute atomic E-state index is 11.4. The molecule has 0 N–H and O–H groups in total. The lowest BCUT2D eigenvalue weighted by Gasteiger charge is -2.18. The number of allylic oxidation sites excluding steroid dienone is 1. The van der Waals surface area contributed by atoms with Gasteiger partial charge in [-0.2, -0.15) is 0 Å². The zero-order chi connectivity index (χ0) is 15.6. The van der Waals surface area contributed by atoms with Crippen LogP contribution < -0.4 is 0 Å². The van der Waals surface area contributed by atoms with Gasteiger partial charge in [-0.25, -0.2) is 0 Å². The van der Waals surface area contributed by atoms with E-state index in [-0.39, 0.29) is 10.6 Å². The second-order valence-electron chi connectivity index (χ2n) is 6.15. The lowest BCUT2D eigenvalue weighted by Crippen LogP contribution is -1.98. The van der Waals surface area contributed by atoms with E-state index in [1.54, 1.807) is 6.07 Å². The standard InChI is InChI=1S/C20H13NO2/c22-21(23)18-10-7-12-5-6-14-11-13-3-1-2-4-15(13)16-8-9-17(18)19(12)20(14)16/h1,3,5-11H,2,4H2. The van der Waals surface area contributed by atoms with Crippen LogP contribution in [0.1, 0.15) is 17.5 Å². The van der Waals surface area contributed by atoms with Gasteiger partial charge >= 0.3 is 0 Å². The third-order valence-electron chi connectivity index (χ3n) is 4.96. The monoisotopic (exact) mass is 299 g/mol. The highest BCUT2D eigenvalue weighted by molar-refractivity contribution is 6.25. The summed E-state index contributed by atoms with van der Waals surface area (Å²) in [5.74, 6) is 0. The SMILES string of the molecule is O=[N+]([O-])c1ccc2ccc3cc4c(c5ccc1c2c35)CCC=C4. The smallest absolute Gasteiger partial charge is 0.258 e. The molecule has 0 aromatic heterocycles. The molecule has 4 aromatic carbocycles. The second kappa shape index (κ2) is 4.29. The van der Waals surface area contributed by atoms with E-state index in [0.29, 0.717) is 0 Å². The van der Waals surface area contributed by atoms with Crippen molar-refractivity contribution in [3.63, 3.8) is 0 Å². The minimum atomic E-state index is -0.288. The van der Waals surface area contributed by atoms with Gasteiger partial charge in [0.25, 0.3) is 5.69 Å². The van der Waals surface area contributed by atoms with E-state index in [0.717, 1.165) is 39.8 Å². The van der Waals surface area contributed by atoms with Crippen molar-refractivity contribution in [3.05, 3.63) is 69.8 Å². The Bertz CT molecular complexity index is 1140. The normalized spacial score (nSPS) is 13.9. The summed E-state index contributed by atoms with van der Waals surface area (Å²) in [7, 11) is 0. The van der Waals surface area contributed by atoms with Crippen molar-refractivity contribution >= 4 is 44.1 Å². The molecule has 0 radical (unpaired) electrons. The molecule has 0 amide bonds. The Labute approximate surface area is 132 Å². The van der Waals surface area contributed by atoms with Gasteiger partial charge in [-0.1, -0.05) is 30.4 Å². The van der Waals surface area contributed by atoms with Crippen molar-refractivity contribution in [1.82, 2.24) is 0 Å². The average molecular weight is 299 g/mol. The Hall–Kier alpha value is -2.94. The zero-order valence-corrected chi connectivity index (χ0v) is 12.4. The third kappa shape index (κ3) is 1.59. The van der Waals surface area contributed by atoms with Crippen molar-refractivity contribution < 1.29 is 4.92 Å². The molecule has 0 saturated heterocycles.